The lowest BCUT2D eigenvalue weighted by Crippen LogP contribution is -1.86. The van der Waals surface area contributed by atoms with E-state index < -0.39 is 0 Å². The Labute approximate surface area is 217 Å². The summed E-state index contributed by atoms with van der Waals surface area (Å²) < 4.78 is 12.5. The molecule has 4 nitrogen and oxygen atoms in total. The lowest BCUT2D eigenvalue weighted by molar-refractivity contribution is 0.669. The molecule has 0 amide bonds. The molecule has 0 fully saturated rings. The number of aromatic nitrogens is 2. The standard InChI is InChI=1S/C34H20N2O2/c1-3-13-29-27(11-1)31-33(37-29)25(15-17-35-31)23-9-5-7-21(19-23)22-8-6-10-24(20-22)26-16-18-36-32-28-12-2-4-14-30(28)38-34(26)32/h1-20H. The number of fused-ring (bicyclic) bond motifs is 6. The third kappa shape index (κ3) is 3.17. The third-order valence-corrected chi connectivity index (χ3v) is 7.20. The third-order valence-electron chi connectivity index (χ3n) is 7.20. The van der Waals surface area contributed by atoms with Gasteiger partial charge in [0.05, 0.1) is 0 Å². The molecule has 0 radical (unpaired) electrons. The Morgan fingerprint density at radius 3 is 1.37 bits per heavy atom. The maximum Gasteiger partial charge on any atom is 0.161 e. The van der Waals surface area contributed by atoms with Crippen molar-refractivity contribution >= 4 is 44.1 Å². The van der Waals surface area contributed by atoms with Crippen LogP contribution in [0.5, 0.6) is 0 Å². The number of rotatable bonds is 3. The molecule has 38 heavy (non-hydrogen) atoms. The second-order valence-electron chi connectivity index (χ2n) is 9.43. The molecule has 0 bridgehead atoms. The minimum Gasteiger partial charge on any atom is -0.454 e. The lowest BCUT2D eigenvalue weighted by atomic mass is 9.96. The van der Waals surface area contributed by atoms with Crippen molar-refractivity contribution in [1.29, 1.82) is 0 Å². The van der Waals surface area contributed by atoms with Crippen LogP contribution in [0.15, 0.2) is 130 Å². The van der Waals surface area contributed by atoms with Crippen LogP contribution in [0.25, 0.3) is 77.5 Å². The van der Waals surface area contributed by atoms with Crippen molar-refractivity contribution in [2.75, 3.05) is 0 Å². The van der Waals surface area contributed by atoms with Gasteiger partial charge in [-0.2, -0.15) is 0 Å². The summed E-state index contributed by atoms with van der Waals surface area (Å²) in [6.07, 6.45) is 3.71. The smallest absolute Gasteiger partial charge is 0.161 e. The Balaban J connectivity index is 1.25. The van der Waals surface area contributed by atoms with Crippen LogP contribution in [0.2, 0.25) is 0 Å². The van der Waals surface area contributed by atoms with E-state index in [1.807, 2.05) is 60.9 Å². The average Bonchev–Trinajstić information content (AvgIpc) is 3.56. The van der Waals surface area contributed by atoms with Gasteiger partial charge in [0.1, 0.15) is 22.2 Å². The first-order chi connectivity index (χ1) is 18.8. The van der Waals surface area contributed by atoms with Crippen molar-refractivity contribution in [2.24, 2.45) is 0 Å². The maximum absolute atomic E-state index is 6.25. The predicted molar refractivity (Wildman–Crippen MR) is 153 cm³/mol. The van der Waals surface area contributed by atoms with Crippen LogP contribution in [0.1, 0.15) is 0 Å². The predicted octanol–water partition coefficient (Wildman–Crippen LogP) is 9.28. The van der Waals surface area contributed by atoms with Crippen LogP contribution in [0.3, 0.4) is 0 Å². The summed E-state index contributed by atoms with van der Waals surface area (Å²) in [5, 5.41) is 2.06. The number of para-hydroxylation sites is 2. The van der Waals surface area contributed by atoms with Gasteiger partial charge in [-0.3, -0.25) is 9.97 Å². The lowest BCUT2D eigenvalue weighted by Gasteiger charge is -2.09. The number of nitrogens with zero attached hydrogens (tertiary/aromatic N) is 2. The summed E-state index contributed by atoms with van der Waals surface area (Å²) in [4.78, 5) is 9.23. The summed E-state index contributed by atoms with van der Waals surface area (Å²) in [5.74, 6) is 0. The fraction of sp³-hybridized carbons (Fsp3) is 0. The number of hydrogen-bond donors (Lipinski definition) is 0. The zero-order valence-corrected chi connectivity index (χ0v) is 20.3. The number of furan rings is 2. The van der Waals surface area contributed by atoms with Crippen LogP contribution in [0.4, 0.5) is 0 Å². The Morgan fingerprint density at radius 1 is 0.421 bits per heavy atom. The highest BCUT2D eigenvalue weighted by molar-refractivity contribution is 6.08. The molecule has 0 saturated heterocycles. The summed E-state index contributed by atoms with van der Waals surface area (Å²) in [6.45, 7) is 0. The largest absolute Gasteiger partial charge is 0.454 e. The highest BCUT2D eigenvalue weighted by atomic mass is 16.3. The number of pyridine rings is 2. The fourth-order valence-electron chi connectivity index (χ4n) is 5.40. The average molecular weight is 489 g/mol. The van der Waals surface area contributed by atoms with E-state index in [1.165, 1.54) is 0 Å². The second kappa shape index (κ2) is 8.15. The van der Waals surface area contributed by atoms with Gasteiger partial charge in [0, 0.05) is 34.3 Å². The maximum atomic E-state index is 6.25. The Morgan fingerprint density at radius 2 is 0.868 bits per heavy atom. The number of benzene rings is 4. The second-order valence-corrected chi connectivity index (χ2v) is 9.43. The van der Waals surface area contributed by atoms with Crippen molar-refractivity contribution in [3.05, 3.63) is 122 Å². The molecule has 8 rings (SSSR count). The van der Waals surface area contributed by atoms with E-state index in [0.717, 1.165) is 77.5 Å². The minimum atomic E-state index is 0.809. The van der Waals surface area contributed by atoms with Crippen molar-refractivity contribution in [1.82, 2.24) is 9.97 Å². The van der Waals surface area contributed by atoms with E-state index in [-0.39, 0.29) is 0 Å². The van der Waals surface area contributed by atoms with Crippen molar-refractivity contribution < 1.29 is 8.83 Å². The van der Waals surface area contributed by atoms with Crippen LogP contribution < -0.4 is 0 Å². The molecule has 0 aliphatic heterocycles. The number of hydrogen-bond acceptors (Lipinski definition) is 4. The SMILES string of the molecule is c1cc(-c2cccc(-c3ccnc4c3oc3ccccc34)c2)cc(-c2ccnc3c2oc2ccccc23)c1. The quantitative estimate of drug-likeness (QED) is 0.249. The van der Waals surface area contributed by atoms with Crippen molar-refractivity contribution in [2.45, 2.75) is 0 Å². The molecule has 0 N–H and O–H groups in total. The summed E-state index contributed by atoms with van der Waals surface area (Å²) >= 11 is 0. The normalized spacial score (nSPS) is 11.7. The van der Waals surface area contributed by atoms with Crippen molar-refractivity contribution in [3.63, 3.8) is 0 Å². The molecular weight excluding hydrogens is 468 g/mol. The molecule has 0 aliphatic rings. The Hall–Kier alpha value is -5.22. The minimum absolute atomic E-state index is 0.809. The molecular formula is C34H20N2O2. The van der Waals surface area contributed by atoms with E-state index in [2.05, 4.69) is 70.6 Å². The van der Waals surface area contributed by atoms with Gasteiger partial charge in [-0.05, 0) is 70.8 Å². The van der Waals surface area contributed by atoms with E-state index in [4.69, 9.17) is 8.83 Å². The highest BCUT2D eigenvalue weighted by Gasteiger charge is 2.15. The molecule has 178 valence electrons. The van der Waals surface area contributed by atoms with Gasteiger partial charge >= 0.3 is 0 Å². The molecule has 4 aromatic carbocycles. The highest BCUT2D eigenvalue weighted by Crippen LogP contribution is 2.38. The molecule has 4 aromatic heterocycles. The van der Waals surface area contributed by atoms with Crippen LogP contribution in [0, 0.1) is 0 Å². The van der Waals surface area contributed by atoms with Crippen molar-refractivity contribution in [3.8, 4) is 33.4 Å². The van der Waals surface area contributed by atoms with Crippen LogP contribution in [-0.2, 0) is 0 Å². The van der Waals surface area contributed by atoms with E-state index in [1.54, 1.807) is 0 Å². The van der Waals surface area contributed by atoms with Gasteiger partial charge in [-0.15, -0.1) is 0 Å². The van der Waals surface area contributed by atoms with Gasteiger partial charge in [0.25, 0.3) is 0 Å². The fourth-order valence-corrected chi connectivity index (χ4v) is 5.40. The molecule has 0 unspecified atom stereocenters. The molecule has 8 aromatic rings. The zero-order valence-electron chi connectivity index (χ0n) is 20.3. The Bertz CT molecular complexity index is 2000. The van der Waals surface area contributed by atoms with Gasteiger partial charge in [0.2, 0.25) is 0 Å². The van der Waals surface area contributed by atoms with E-state index in [0.29, 0.717) is 0 Å². The topological polar surface area (TPSA) is 52.1 Å². The molecule has 0 atom stereocenters. The monoisotopic (exact) mass is 488 g/mol. The van der Waals surface area contributed by atoms with Gasteiger partial charge < -0.3 is 8.83 Å². The first-order valence-electron chi connectivity index (χ1n) is 12.6. The van der Waals surface area contributed by atoms with Gasteiger partial charge in [-0.1, -0.05) is 60.7 Å². The summed E-state index contributed by atoms with van der Waals surface area (Å²) in [7, 11) is 0. The van der Waals surface area contributed by atoms with E-state index >= 15 is 0 Å². The summed E-state index contributed by atoms with van der Waals surface area (Å²) in [6, 6.07) is 37.3. The van der Waals surface area contributed by atoms with Crippen LogP contribution >= 0.6 is 0 Å². The molecule has 0 saturated carbocycles. The molecule has 0 spiro atoms. The summed E-state index contributed by atoms with van der Waals surface area (Å²) in [5.41, 5.74) is 11.6. The molecule has 4 heteroatoms. The van der Waals surface area contributed by atoms with Gasteiger partial charge in [-0.25, -0.2) is 0 Å². The molecule has 0 aliphatic carbocycles. The van der Waals surface area contributed by atoms with Gasteiger partial charge in [0.15, 0.2) is 11.2 Å². The van der Waals surface area contributed by atoms with Crippen LogP contribution in [-0.4, -0.2) is 9.97 Å². The van der Waals surface area contributed by atoms with E-state index in [9.17, 15) is 0 Å². The Kier molecular flexibility index (Phi) is 4.49. The molecule has 4 heterocycles. The first kappa shape index (κ1) is 20.9. The first-order valence-corrected chi connectivity index (χ1v) is 12.6. The zero-order chi connectivity index (χ0) is 25.1.